The van der Waals surface area contributed by atoms with Crippen LogP contribution >= 0.6 is 0 Å². The predicted molar refractivity (Wildman–Crippen MR) is 104 cm³/mol. The van der Waals surface area contributed by atoms with Gasteiger partial charge in [-0.05, 0) is 43.4 Å². The van der Waals surface area contributed by atoms with E-state index in [9.17, 15) is 9.59 Å². The number of likely N-dealkylation sites (tertiary alicyclic amines) is 1. The number of piperidine rings is 1. The Morgan fingerprint density at radius 3 is 2.63 bits per heavy atom. The zero-order chi connectivity index (χ0) is 19.0. The zero-order valence-corrected chi connectivity index (χ0v) is 15.7. The lowest BCUT2D eigenvalue weighted by molar-refractivity contribution is -0.122. The van der Waals surface area contributed by atoms with Gasteiger partial charge in [-0.2, -0.15) is 5.10 Å². The number of hydrogen-bond donors (Lipinski definition) is 3. The number of nitrogens with zero attached hydrogens (tertiary/aromatic N) is 2. The lowest BCUT2D eigenvalue weighted by Crippen LogP contribution is -2.59. The molecule has 142 valence electrons. The first kappa shape index (κ1) is 17.6. The first-order chi connectivity index (χ1) is 13.0. The molecule has 1 fully saturated rings. The lowest BCUT2D eigenvalue weighted by Gasteiger charge is -2.44. The van der Waals surface area contributed by atoms with Gasteiger partial charge in [-0.1, -0.05) is 26.0 Å². The number of hydrogen-bond acceptors (Lipinski definition) is 4. The molecule has 0 bridgehead atoms. The number of rotatable bonds is 3. The molecule has 3 heterocycles. The topological polar surface area (TPSA) is 90.1 Å². The van der Waals surface area contributed by atoms with Crippen LogP contribution in [0, 0.1) is 5.92 Å². The van der Waals surface area contributed by atoms with E-state index in [2.05, 4.69) is 34.7 Å². The molecule has 4 rings (SSSR count). The third-order valence-corrected chi connectivity index (χ3v) is 5.37. The highest BCUT2D eigenvalue weighted by atomic mass is 16.2. The maximum atomic E-state index is 12.8. The van der Waals surface area contributed by atoms with Crippen molar-refractivity contribution in [2.75, 3.05) is 23.7 Å². The van der Waals surface area contributed by atoms with Gasteiger partial charge in [0.05, 0.1) is 11.4 Å². The number of amides is 2. The van der Waals surface area contributed by atoms with E-state index in [4.69, 9.17) is 0 Å². The summed E-state index contributed by atoms with van der Waals surface area (Å²) in [5, 5.41) is 13.6. The first-order valence-electron chi connectivity index (χ1n) is 9.49. The summed E-state index contributed by atoms with van der Waals surface area (Å²) in [6.45, 7) is 5.31. The molecule has 1 aromatic heterocycles. The highest BCUT2D eigenvalue weighted by Gasteiger charge is 2.45. The molecule has 2 aromatic rings. The van der Waals surface area contributed by atoms with E-state index in [-0.39, 0.29) is 11.8 Å². The normalized spacial score (nSPS) is 18.2. The van der Waals surface area contributed by atoms with Crippen LogP contribution in [-0.4, -0.2) is 45.5 Å². The Kier molecular flexibility index (Phi) is 4.37. The van der Waals surface area contributed by atoms with E-state index >= 15 is 0 Å². The van der Waals surface area contributed by atoms with Crippen LogP contribution in [0.5, 0.6) is 0 Å². The Balaban J connectivity index is 1.44. The Hall–Kier alpha value is -2.83. The summed E-state index contributed by atoms with van der Waals surface area (Å²) in [4.78, 5) is 27.3. The van der Waals surface area contributed by atoms with Crippen molar-refractivity contribution in [2.24, 2.45) is 5.92 Å². The van der Waals surface area contributed by atoms with Gasteiger partial charge in [-0.25, -0.2) is 0 Å². The van der Waals surface area contributed by atoms with E-state index < -0.39 is 5.54 Å². The Morgan fingerprint density at radius 1 is 1.22 bits per heavy atom. The van der Waals surface area contributed by atoms with Gasteiger partial charge in [-0.3, -0.25) is 14.7 Å². The highest BCUT2D eigenvalue weighted by molar-refractivity contribution is 6.06. The summed E-state index contributed by atoms with van der Waals surface area (Å²) in [7, 11) is 0. The van der Waals surface area contributed by atoms with Crippen molar-refractivity contribution in [2.45, 2.75) is 38.6 Å². The predicted octanol–water partition coefficient (Wildman–Crippen LogP) is 2.65. The maximum Gasteiger partial charge on any atom is 0.274 e. The molecule has 1 saturated heterocycles. The van der Waals surface area contributed by atoms with E-state index in [1.54, 1.807) is 4.90 Å². The van der Waals surface area contributed by atoms with Crippen LogP contribution in [0.2, 0.25) is 0 Å². The van der Waals surface area contributed by atoms with Crippen molar-refractivity contribution < 1.29 is 9.59 Å². The molecule has 27 heavy (non-hydrogen) atoms. The van der Waals surface area contributed by atoms with Crippen LogP contribution in [0.4, 0.5) is 11.4 Å². The Morgan fingerprint density at radius 2 is 1.93 bits per heavy atom. The van der Waals surface area contributed by atoms with E-state index in [0.29, 0.717) is 37.5 Å². The minimum atomic E-state index is -0.653. The molecule has 0 aliphatic carbocycles. The van der Waals surface area contributed by atoms with Crippen LogP contribution in [0.1, 0.15) is 42.9 Å². The summed E-state index contributed by atoms with van der Waals surface area (Å²) < 4.78 is 0. The number of anilines is 2. The van der Waals surface area contributed by atoms with E-state index in [1.807, 2.05) is 30.3 Å². The third kappa shape index (κ3) is 3.29. The molecule has 3 N–H and O–H groups in total. The summed E-state index contributed by atoms with van der Waals surface area (Å²) in [6, 6.07) is 9.54. The fourth-order valence-electron chi connectivity index (χ4n) is 3.88. The third-order valence-electron chi connectivity index (χ3n) is 5.37. The highest BCUT2D eigenvalue weighted by Crippen LogP contribution is 2.36. The summed E-state index contributed by atoms with van der Waals surface area (Å²) in [5.41, 5.74) is 2.52. The Bertz CT molecular complexity index is 865. The number of aromatic nitrogens is 2. The smallest absolute Gasteiger partial charge is 0.274 e. The summed E-state index contributed by atoms with van der Waals surface area (Å²) in [5.74, 6) is 0.405. The number of benzene rings is 1. The molecule has 7 nitrogen and oxygen atoms in total. The number of fused-ring (bicyclic) bond motifs is 1. The number of para-hydroxylation sites is 2. The molecule has 1 spiro atoms. The molecule has 0 radical (unpaired) electrons. The summed E-state index contributed by atoms with van der Waals surface area (Å²) >= 11 is 0. The van der Waals surface area contributed by atoms with Crippen molar-refractivity contribution >= 4 is 23.2 Å². The van der Waals surface area contributed by atoms with Crippen LogP contribution in [0.3, 0.4) is 0 Å². The molecule has 0 atom stereocenters. The zero-order valence-electron chi connectivity index (χ0n) is 15.7. The second-order valence-corrected chi connectivity index (χ2v) is 7.88. The van der Waals surface area contributed by atoms with Gasteiger partial charge in [-0.15, -0.1) is 0 Å². The van der Waals surface area contributed by atoms with Crippen LogP contribution in [0.25, 0.3) is 0 Å². The second kappa shape index (κ2) is 6.72. The van der Waals surface area contributed by atoms with Gasteiger partial charge in [0.15, 0.2) is 0 Å². The number of carbonyl (C=O) groups is 2. The number of nitrogens with one attached hydrogen (secondary N) is 3. The molecule has 1 aromatic carbocycles. The van der Waals surface area contributed by atoms with Crippen molar-refractivity contribution in [1.29, 1.82) is 0 Å². The van der Waals surface area contributed by atoms with Gasteiger partial charge >= 0.3 is 0 Å². The fourth-order valence-corrected chi connectivity index (χ4v) is 3.88. The van der Waals surface area contributed by atoms with Crippen LogP contribution < -0.4 is 10.6 Å². The van der Waals surface area contributed by atoms with Gasteiger partial charge < -0.3 is 15.5 Å². The standard InChI is InChI=1S/C20H25N5O2/c1-13(2)11-14-12-17(24-23-14)18(26)25-9-7-20(8-10-25)19(27)21-15-5-3-4-6-16(15)22-20/h3-6,12-13,22H,7-11H2,1-2H3,(H,21,27)(H,23,24). The first-order valence-corrected chi connectivity index (χ1v) is 9.49. The van der Waals surface area contributed by atoms with E-state index in [0.717, 1.165) is 23.5 Å². The van der Waals surface area contributed by atoms with Crippen LogP contribution in [0.15, 0.2) is 30.3 Å². The van der Waals surface area contributed by atoms with Crippen LogP contribution in [-0.2, 0) is 11.2 Å². The quantitative estimate of drug-likeness (QED) is 0.778. The molecule has 2 aliphatic heterocycles. The lowest BCUT2D eigenvalue weighted by atomic mass is 9.84. The van der Waals surface area contributed by atoms with Gasteiger partial charge in [0, 0.05) is 18.8 Å². The van der Waals surface area contributed by atoms with Crippen molar-refractivity contribution in [3.8, 4) is 0 Å². The van der Waals surface area contributed by atoms with Gasteiger partial charge in [0.1, 0.15) is 11.2 Å². The second-order valence-electron chi connectivity index (χ2n) is 7.88. The van der Waals surface area contributed by atoms with Crippen molar-refractivity contribution in [3.63, 3.8) is 0 Å². The molecular weight excluding hydrogens is 342 g/mol. The SMILES string of the molecule is CC(C)Cc1cc(C(=O)N2CCC3(CC2)Nc2ccccc2NC3=O)n[nH]1. The largest absolute Gasteiger partial charge is 0.369 e. The molecule has 7 heteroatoms. The number of carbonyl (C=O) groups excluding carboxylic acids is 2. The van der Waals surface area contributed by atoms with Gasteiger partial charge in [0.2, 0.25) is 5.91 Å². The monoisotopic (exact) mass is 367 g/mol. The van der Waals surface area contributed by atoms with Crippen molar-refractivity contribution in [1.82, 2.24) is 15.1 Å². The average Bonchev–Trinajstić information content (AvgIpc) is 3.10. The molecule has 0 saturated carbocycles. The molecule has 0 unspecified atom stereocenters. The number of H-pyrrole nitrogens is 1. The van der Waals surface area contributed by atoms with Gasteiger partial charge in [0.25, 0.3) is 5.91 Å². The molecular formula is C20H25N5O2. The molecule has 2 aliphatic rings. The average molecular weight is 367 g/mol. The van der Waals surface area contributed by atoms with Crippen molar-refractivity contribution in [3.05, 3.63) is 41.7 Å². The number of aromatic amines is 1. The van der Waals surface area contributed by atoms with E-state index in [1.165, 1.54) is 0 Å². The minimum absolute atomic E-state index is 0.0210. The minimum Gasteiger partial charge on any atom is -0.369 e. The fraction of sp³-hybridized carbons (Fsp3) is 0.450. The Labute approximate surface area is 158 Å². The molecule has 2 amide bonds. The summed E-state index contributed by atoms with van der Waals surface area (Å²) in [6.07, 6.45) is 2.01. The maximum absolute atomic E-state index is 12.8.